The van der Waals surface area contributed by atoms with Gasteiger partial charge in [0.15, 0.2) is 5.82 Å². The van der Waals surface area contributed by atoms with E-state index in [4.69, 9.17) is 10.6 Å². The van der Waals surface area contributed by atoms with Crippen LogP contribution in [0.25, 0.3) is 11.5 Å². The molecule has 3 N–H and O–H groups in total. The topological polar surface area (TPSA) is 90.9 Å². The zero-order valence-corrected chi connectivity index (χ0v) is 10.8. The molecule has 0 radical (unpaired) electrons. The number of nitrogen functional groups attached to an aromatic ring is 1. The number of ether oxygens (including phenoxy) is 1. The fourth-order valence-corrected chi connectivity index (χ4v) is 2.22. The van der Waals surface area contributed by atoms with Crippen molar-refractivity contribution in [3.63, 3.8) is 0 Å². The average Bonchev–Trinajstić information content (AvgIpc) is 2.94. The van der Waals surface area contributed by atoms with Crippen molar-refractivity contribution in [1.82, 2.24) is 19.5 Å². The van der Waals surface area contributed by atoms with Gasteiger partial charge in [-0.25, -0.2) is 20.8 Å². The van der Waals surface area contributed by atoms with Crippen LogP contribution in [-0.4, -0.2) is 26.1 Å². The van der Waals surface area contributed by atoms with Crippen molar-refractivity contribution in [3.8, 4) is 11.5 Å². The number of nitrogens with zero attached hydrogens (tertiary/aromatic N) is 4. The van der Waals surface area contributed by atoms with Gasteiger partial charge in [0, 0.05) is 18.5 Å². The first-order valence-electron chi connectivity index (χ1n) is 6.28. The first kappa shape index (κ1) is 12.1. The van der Waals surface area contributed by atoms with Crippen LogP contribution in [0.4, 0.5) is 5.82 Å². The SMILES string of the molecule is CCn1cncc1-c1nc2c(c(NN)n1)COCC2. The number of fused-ring (bicyclic) bond motifs is 1. The molecule has 100 valence electrons. The highest BCUT2D eigenvalue weighted by Gasteiger charge is 2.19. The van der Waals surface area contributed by atoms with Crippen LogP contribution in [0.2, 0.25) is 0 Å². The molecular formula is C12H16N6O. The van der Waals surface area contributed by atoms with Crippen LogP contribution in [0, 0.1) is 0 Å². The zero-order chi connectivity index (χ0) is 13.2. The lowest BCUT2D eigenvalue weighted by molar-refractivity contribution is 0.109. The fraction of sp³-hybridized carbons (Fsp3) is 0.417. The summed E-state index contributed by atoms with van der Waals surface area (Å²) in [5.41, 5.74) is 5.47. The van der Waals surface area contributed by atoms with E-state index in [1.165, 1.54) is 0 Å². The van der Waals surface area contributed by atoms with Gasteiger partial charge in [-0.2, -0.15) is 0 Å². The van der Waals surface area contributed by atoms with Crippen LogP contribution < -0.4 is 11.3 Å². The number of nitrogens with one attached hydrogen (secondary N) is 1. The summed E-state index contributed by atoms with van der Waals surface area (Å²) in [4.78, 5) is 13.2. The summed E-state index contributed by atoms with van der Waals surface area (Å²) in [6.07, 6.45) is 4.32. The molecule has 0 aliphatic carbocycles. The zero-order valence-electron chi connectivity index (χ0n) is 10.8. The molecule has 0 atom stereocenters. The van der Waals surface area contributed by atoms with Gasteiger partial charge in [-0.05, 0) is 6.92 Å². The van der Waals surface area contributed by atoms with Gasteiger partial charge in [0.2, 0.25) is 0 Å². The third-order valence-electron chi connectivity index (χ3n) is 3.24. The van der Waals surface area contributed by atoms with Gasteiger partial charge in [-0.15, -0.1) is 0 Å². The molecule has 2 aromatic rings. The Labute approximate surface area is 110 Å². The molecule has 0 unspecified atom stereocenters. The molecule has 0 saturated carbocycles. The minimum Gasteiger partial charge on any atom is -0.376 e. The lowest BCUT2D eigenvalue weighted by Crippen LogP contribution is -2.20. The van der Waals surface area contributed by atoms with Gasteiger partial charge in [-0.3, -0.25) is 0 Å². The van der Waals surface area contributed by atoms with Crippen LogP contribution in [0.5, 0.6) is 0 Å². The molecule has 2 aromatic heterocycles. The molecule has 19 heavy (non-hydrogen) atoms. The third-order valence-corrected chi connectivity index (χ3v) is 3.24. The predicted octanol–water partition coefficient (Wildman–Crippen LogP) is 0.718. The fourth-order valence-electron chi connectivity index (χ4n) is 2.22. The molecule has 1 aliphatic rings. The van der Waals surface area contributed by atoms with E-state index in [2.05, 4.69) is 27.3 Å². The van der Waals surface area contributed by atoms with Crippen molar-refractivity contribution < 1.29 is 4.74 Å². The summed E-state index contributed by atoms with van der Waals surface area (Å²) in [6.45, 7) is 4.06. The summed E-state index contributed by atoms with van der Waals surface area (Å²) in [5.74, 6) is 6.82. The number of hydrogen-bond acceptors (Lipinski definition) is 6. The average molecular weight is 260 g/mol. The minimum atomic E-state index is 0.502. The number of hydrazine groups is 1. The molecule has 0 aromatic carbocycles. The standard InChI is InChI=1S/C12H16N6O/c1-2-18-7-14-5-10(18)12-15-9-3-4-19-6-8(9)11(16-12)17-13/h5,7H,2-4,6,13H2,1H3,(H,15,16,17). The maximum absolute atomic E-state index is 5.55. The number of rotatable bonds is 3. The van der Waals surface area contributed by atoms with Crippen LogP contribution in [0.15, 0.2) is 12.5 Å². The van der Waals surface area contributed by atoms with E-state index in [1.54, 1.807) is 12.5 Å². The Morgan fingerprint density at radius 2 is 2.37 bits per heavy atom. The van der Waals surface area contributed by atoms with Gasteiger partial charge in [-0.1, -0.05) is 0 Å². The van der Waals surface area contributed by atoms with Gasteiger partial charge in [0.1, 0.15) is 11.5 Å². The van der Waals surface area contributed by atoms with Crippen molar-refractivity contribution in [2.75, 3.05) is 12.0 Å². The number of hydrogen-bond donors (Lipinski definition) is 2. The smallest absolute Gasteiger partial charge is 0.180 e. The molecule has 1 aliphatic heterocycles. The quantitative estimate of drug-likeness (QED) is 0.624. The van der Waals surface area contributed by atoms with Crippen LogP contribution >= 0.6 is 0 Å². The first-order chi connectivity index (χ1) is 9.33. The molecule has 7 heteroatoms. The van der Waals surface area contributed by atoms with Crippen molar-refractivity contribution in [1.29, 1.82) is 0 Å². The largest absolute Gasteiger partial charge is 0.376 e. The Balaban J connectivity index is 2.12. The second kappa shape index (κ2) is 4.94. The molecular weight excluding hydrogens is 244 g/mol. The Hall–Kier alpha value is -1.99. The van der Waals surface area contributed by atoms with Gasteiger partial charge < -0.3 is 14.7 Å². The van der Waals surface area contributed by atoms with E-state index < -0.39 is 0 Å². The molecule has 3 rings (SSSR count). The Kier molecular flexibility index (Phi) is 3.14. The number of imidazole rings is 1. The van der Waals surface area contributed by atoms with E-state index in [0.29, 0.717) is 24.9 Å². The third kappa shape index (κ3) is 2.06. The molecule has 3 heterocycles. The summed E-state index contributed by atoms with van der Waals surface area (Å²) in [6, 6.07) is 0. The van der Waals surface area contributed by atoms with E-state index in [9.17, 15) is 0 Å². The number of nitrogens with two attached hydrogens (primary N) is 1. The van der Waals surface area contributed by atoms with Crippen molar-refractivity contribution in [2.45, 2.75) is 26.5 Å². The summed E-state index contributed by atoms with van der Waals surface area (Å²) in [7, 11) is 0. The number of anilines is 1. The number of aromatic nitrogens is 4. The monoisotopic (exact) mass is 260 g/mol. The molecule has 7 nitrogen and oxygen atoms in total. The second-order valence-corrected chi connectivity index (χ2v) is 4.33. The summed E-state index contributed by atoms with van der Waals surface area (Å²) < 4.78 is 7.42. The molecule has 0 fully saturated rings. The van der Waals surface area contributed by atoms with Crippen LogP contribution in [-0.2, 0) is 24.3 Å². The Bertz CT molecular complexity index is 577. The highest BCUT2D eigenvalue weighted by Crippen LogP contribution is 2.25. The predicted molar refractivity (Wildman–Crippen MR) is 70.1 cm³/mol. The molecule has 0 spiro atoms. The first-order valence-corrected chi connectivity index (χ1v) is 6.28. The normalized spacial score (nSPS) is 14.2. The lowest BCUT2D eigenvalue weighted by Gasteiger charge is -2.19. The van der Waals surface area contributed by atoms with Gasteiger partial charge in [0.25, 0.3) is 0 Å². The van der Waals surface area contributed by atoms with Gasteiger partial charge >= 0.3 is 0 Å². The van der Waals surface area contributed by atoms with E-state index in [0.717, 1.165) is 29.9 Å². The van der Waals surface area contributed by atoms with Crippen molar-refractivity contribution in [3.05, 3.63) is 23.8 Å². The lowest BCUT2D eigenvalue weighted by atomic mass is 10.1. The highest BCUT2D eigenvalue weighted by molar-refractivity contribution is 5.56. The molecule has 0 saturated heterocycles. The number of aryl methyl sites for hydroxylation is 1. The van der Waals surface area contributed by atoms with Crippen LogP contribution in [0.1, 0.15) is 18.2 Å². The maximum Gasteiger partial charge on any atom is 0.180 e. The Morgan fingerprint density at radius 1 is 1.47 bits per heavy atom. The van der Waals surface area contributed by atoms with Gasteiger partial charge in [0.05, 0.1) is 31.4 Å². The Morgan fingerprint density at radius 3 is 3.16 bits per heavy atom. The van der Waals surface area contributed by atoms with E-state index >= 15 is 0 Å². The summed E-state index contributed by atoms with van der Waals surface area (Å²) in [5, 5.41) is 0. The molecule has 0 amide bonds. The van der Waals surface area contributed by atoms with E-state index in [-0.39, 0.29) is 0 Å². The van der Waals surface area contributed by atoms with Crippen molar-refractivity contribution >= 4 is 5.82 Å². The minimum absolute atomic E-state index is 0.502. The maximum atomic E-state index is 5.55. The van der Waals surface area contributed by atoms with Crippen LogP contribution in [0.3, 0.4) is 0 Å². The molecule has 0 bridgehead atoms. The van der Waals surface area contributed by atoms with Crippen molar-refractivity contribution in [2.24, 2.45) is 5.84 Å². The summed E-state index contributed by atoms with van der Waals surface area (Å²) >= 11 is 0. The van der Waals surface area contributed by atoms with E-state index in [1.807, 2.05) is 4.57 Å². The second-order valence-electron chi connectivity index (χ2n) is 4.33. The highest BCUT2D eigenvalue weighted by atomic mass is 16.5.